The molecule has 0 aliphatic carbocycles. The summed E-state index contributed by atoms with van der Waals surface area (Å²) in [5, 5.41) is 2.73. The van der Waals surface area contributed by atoms with Crippen molar-refractivity contribution in [1.82, 2.24) is 5.32 Å². The summed E-state index contributed by atoms with van der Waals surface area (Å²) in [7, 11) is 1.32. The normalized spacial score (nSPS) is 11.7. The summed E-state index contributed by atoms with van der Waals surface area (Å²) in [6.45, 7) is 3.58. The average molecular weight is 250 g/mol. The van der Waals surface area contributed by atoms with Gasteiger partial charge in [-0.25, -0.2) is 0 Å². The largest absolute Gasteiger partial charge is 0.469 e. The summed E-state index contributed by atoms with van der Waals surface area (Å²) in [5.74, 6) is -0.594. The van der Waals surface area contributed by atoms with Crippen molar-refractivity contribution in [2.45, 2.75) is 26.3 Å². The van der Waals surface area contributed by atoms with Gasteiger partial charge in [0.2, 0.25) is 0 Å². The fourth-order valence-electron chi connectivity index (χ4n) is 1.57. The van der Waals surface area contributed by atoms with Crippen molar-refractivity contribution in [2.75, 3.05) is 12.8 Å². The summed E-state index contributed by atoms with van der Waals surface area (Å²) >= 11 is 0. The van der Waals surface area contributed by atoms with Gasteiger partial charge in [-0.3, -0.25) is 9.59 Å². The molecule has 0 radical (unpaired) electrons. The Bertz CT molecular complexity index is 458. The van der Waals surface area contributed by atoms with Crippen LogP contribution in [0.4, 0.5) is 5.69 Å². The maximum atomic E-state index is 12.0. The molecule has 0 fully saturated rings. The number of methoxy groups -OCH3 is 1. The van der Waals surface area contributed by atoms with Crippen molar-refractivity contribution in [3.63, 3.8) is 0 Å². The molecule has 0 saturated carbocycles. The van der Waals surface area contributed by atoms with Gasteiger partial charge in [0.15, 0.2) is 0 Å². The number of esters is 1. The van der Waals surface area contributed by atoms with Gasteiger partial charge in [0.05, 0.1) is 13.5 Å². The fraction of sp³-hybridized carbons (Fsp3) is 0.385. The molecule has 5 heteroatoms. The third-order valence-electron chi connectivity index (χ3n) is 2.58. The number of nitrogen functional groups attached to an aromatic ring is 1. The third kappa shape index (κ3) is 3.76. The van der Waals surface area contributed by atoms with Gasteiger partial charge in [-0.05, 0) is 31.5 Å². The molecule has 1 aromatic rings. The number of carbonyl (C=O) groups excluding carboxylic acids is 2. The van der Waals surface area contributed by atoms with Crippen LogP contribution < -0.4 is 11.1 Å². The van der Waals surface area contributed by atoms with Crippen LogP contribution in [-0.2, 0) is 9.53 Å². The second kappa shape index (κ2) is 6.05. The zero-order chi connectivity index (χ0) is 13.7. The van der Waals surface area contributed by atoms with Crippen molar-refractivity contribution < 1.29 is 14.3 Å². The predicted molar refractivity (Wildman–Crippen MR) is 69.2 cm³/mol. The van der Waals surface area contributed by atoms with Crippen molar-refractivity contribution in [2.24, 2.45) is 0 Å². The van der Waals surface area contributed by atoms with Crippen LogP contribution in [0.5, 0.6) is 0 Å². The standard InChI is InChI=1S/C13H18N2O3/c1-8-4-5-10(14)7-11(8)13(17)15-9(2)6-12(16)18-3/h4-5,7,9H,6,14H2,1-3H3,(H,15,17). The van der Waals surface area contributed by atoms with Gasteiger partial charge >= 0.3 is 5.97 Å². The highest BCUT2D eigenvalue weighted by Crippen LogP contribution is 2.12. The van der Waals surface area contributed by atoms with Gasteiger partial charge in [0.25, 0.3) is 5.91 Å². The highest BCUT2D eigenvalue weighted by molar-refractivity contribution is 5.96. The minimum absolute atomic E-state index is 0.142. The lowest BCUT2D eigenvalue weighted by Crippen LogP contribution is -2.34. The molecular formula is C13H18N2O3. The molecule has 1 rings (SSSR count). The molecule has 0 aliphatic heterocycles. The number of ether oxygens (including phenoxy) is 1. The number of nitrogens with one attached hydrogen (secondary N) is 1. The Morgan fingerprint density at radius 3 is 2.72 bits per heavy atom. The van der Waals surface area contributed by atoms with E-state index in [4.69, 9.17) is 5.73 Å². The molecule has 98 valence electrons. The number of nitrogens with two attached hydrogens (primary N) is 1. The monoisotopic (exact) mass is 250 g/mol. The minimum Gasteiger partial charge on any atom is -0.469 e. The lowest BCUT2D eigenvalue weighted by molar-refractivity contribution is -0.141. The van der Waals surface area contributed by atoms with E-state index >= 15 is 0 Å². The van der Waals surface area contributed by atoms with Crippen LogP contribution in [0.25, 0.3) is 0 Å². The number of hydrogen-bond acceptors (Lipinski definition) is 4. The number of hydrogen-bond donors (Lipinski definition) is 2. The first kappa shape index (κ1) is 14.0. The molecule has 1 aromatic carbocycles. The third-order valence-corrected chi connectivity index (χ3v) is 2.58. The van der Waals surface area contributed by atoms with Gasteiger partial charge in [0.1, 0.15) is 0 Å². The van der Waals surface area contributed by atoms with Crippen LogP contribution in [0.2, 0.25) is 0 Å². The number of carbonyl (C=O) groups is 2. The van der Waals surface area contributed by atoms with E-state index in [1.54, 1.807) is 25.1 Å². The Kier molecular flexibility index (Phi) is 4.71. The van der Waals surface area contributed by atoms with E-state index in [1.807, 2.05) is 6.92 Å². The zero-order valence-corrected chi connectivity index (χ0v) is 10.8. The Hall–Kier alpha value is -2.04. The highest BCUT2D eigenvalue weighted by atomic mass is 16.5. The number of anilines is 1. The van der Waals surface area contributed by atoms with E-state index in [0.29, 0.717) is 11.3 Å². The molecule has 3 N–H and O–H groups in total. The van der Waals surface area contributed by atoms with E-state index < -0.39 is 0 Å². The molecule has 0 aliphatic rings. The average Bonchev–Trinajstić information content (AvgIpc) is 2.31. The molecular weight excluding hydrogens is 232 g/mol. The van der Waals surface area contributed by atoms with Crippen molar-refractivity contribution in [1.29, 1.82) is 0 Å². The van der Waals surface area contributed by atoms with E-state index in [2.05, 4.69) is 10.1 Å². The van der Waals surface area contributed by atoms with E-state index in [0.717, 1.165) is 5.56 Å². The molecule has 1 unspecified atom stereocenters. The second-order valence-corrected chi connectivity index (χ2v) is 4.23. The Morgan fingerprint density at radius 1 is 1.44 bits per heavy atom. The lowest BCUT2D eigenvalue weighted by Gasteiger charge is -2.14. The first-order valence-corrected chi connectivity index (χ1v) is 5.68. The van der Waals surface area contributed by atoms with Crippen LogP contribution in [0.15, 0.2) is 18.2 Å². The zero-order valence-electron chi connectivity index (χ0n) is 10.8. The molecule has 5 nitrogen and oxygen atoms in total. The molecule has 0 bridgehead atoms. The van der Waals surface area contributed by atoms with Crippen molar-refractivity contribution in [3.8, 4) is 0 Å². The van der Waals surface area contributed by atoms with Crippen molar-refractivity contribution in [3.05, 3.63) is 29.3 Å². The summed E-state index contributed by atoms with van der Waals surface area (Å²) in [4.78, 5) is 23.0. The van der Waals surface area contributed by atoms with Crippen LogP contribution in [-0.4, -0.2) is 25.0 Å². The Balaban J connectivity index is 2.70. The summed E-state index contributed by atoms with van der Waals surface area (Å²) in [6.07, 6.45) is 0.142. The smallest absolute Gasteiger partial charge is 0.307 e. The molecule has 0 spiro atoms. The number of rotatable bonds is 4. The van der Waals surface area contributed by atoms with Gasteiger partial charge in [-0.1, -0.05) is 6.07 Å². The van der Waals surface area contributed by atoms with Gasteiger partial charge < -0.3 is 15.8 Å². The number of amides is 1. The summed E-state index contributed by atoms with van der Waals surface area (Å²) in [5.41, 5.74) is 7.54. The highest BCUT2D eigenvalue weighted by Gasteiger charge is 2.15. The van der Waals surface area contributed by atoms with Gasteiger partial charge in [-0.15, -0.1) is 0 Å². The maximum Gasteiger partial charge on any atom is 0.307 e. The SMILES string of the molecule is COC(=O)CC(C)NC(=O)c1cc(N)ccc1C. The van der Waals surface area contributed by atoms with Crippen LogP contribution in [0, 0.1) is 6.92 Å². The molecule has 0 aromatic heterocycles. The van der Waals surface area contributed by atoms with E-state index in [1.165, 1.54) is 7.11 Å². The molecule has 1 atom stereocenters. The quantitative estimate of drug-likeness (QED) is 0.622. The lowest BCUT2D eigenvalue weighted by atomic mass is 10.1. The predicted octanol–water partition coefficient (Wildman–Crippen LogP) is 1.26. The maximum absolute atomic E-state index is 12.0. The minimum atomic E-state index is -0.355. The topological polar surface area (TPSA) is 81.4 Å². The molecule has 1 amide bonds. The van der Waals surface area contributed by atoms with Gasteiger partial charge in [0, 0.05) is 17.3 Å². The summed E-state index contributed by atoms with van der Waals surface area (Å²) < 4.78 is 4.54. The first-order chi connectivity index (χ1) is 8.43. The van der Waals surface area contributed by atoms with Crippen LogP contribution in [0.3, 0.4) is 0 Å². The fourth-order valence-corrected chi connectivity index (χ4v) is 1.57. The summed E-state index contributed by atoms with van der Waals surface area (Å²) in [6, 6.07) is 4.86. The number of aryl methyl sites for hydroxylation is 1. The van der Waals surface area contributed by atoms with Crippen LogP contribution in [0.1, 0.15) is 29.3 Å². The molecule has 0 saturated heterocycles. The Morgan fingerprint density at radius 2 is 2.11 bits per heavy atom. The van der Waals surface area contributed by atoms with E-state index in [9.17, 15) is 9.59 Å². The molecule has 18 heavy (non-hydrogen) atoms. The molecule has 0 heterocycles. The first-order valence-electron chi connectivity index (χ1n) is 5.68. The Labute approximate surface area is 106 Å². The van der Waals surface area contributed by atoms with E-state index in [-0.39, 0.29) is 24.3 Å². The van der Waals surface area contributed by atoms with Crippen LogP contribution >= 0.6 is 0 Å². The second-order valence-electron chi connectivity index (χ2n) is 4.23. The number of benzene rings is 1. The van der Waals surface area contributed by atoms with Crippen molar-refractivity contribution >= 4 is 17.6 Å². The van der Waals surface area contributed by atoms with Gasteiger partial charge in [-0.2, -0.15) is 0 Å².